The summed E-state index contributed by atoms with van der Waals surface area (Å²) in [5, 5.41) is 21.7. The predicted molar refractivity (Wildman–Crippen MR) is 68.3 cm³/mol. The van der Waals surface area contributed by atoms with E-state index in [1.165, 1.54) is 0 Å². The van der Waals surface area contributed by atoms with Crippen LogP contribution in [0.25, 0.3) is 0 Å². The van der Waals surface area contributed by atoms with Crippen LogP contribution in [-0.4, -0.2) is 28.8 Å². The van der Waals surface area contributed by atoms with E-state index >= 15 is 0 Å². The summed E-state index contributed by atoms with van der Waals surface area (Å²) in [6.45, 7) is -0.0141. The summed E-state index contributed by atoms with van der Waals surface area (Å²) in [4.78, 5) is 11.8. The molecule has 1 aliphatic rings. The molecule has 20 heavy (non-hydrogen) atoms. The molecule has 0 spiro atoms. The number of rotatable bonds is 4. The van der Waals surface area contributed by atoms with Crippen LogP contribution < -0.4 is 5.32 Å². The first-order chi connectivity index (χ1) is 9.49. The van der Waals surface area contributed by atoms with Crippen LogP contribution in [0.5, 0.6) is 5.75 Å². The molecule has 1 atom stereocenters. The third-order valence-corrected chi connectivity index (χ3v) is 3.68. The Kier molecular flexibility index (Phi) is 4.54. The first-order valence-electron chi connectivity index (χ1n) is 6.63. The van der Waals surface area contributed by atoms with E-state index in [1.807, 2.05) is 0 Å². The number of halogens is 2. The number of carbonyl (C=O) groups is 1. The molecular weight excluding hydrogens is 268 g/mol. The molecule has 1 amide bonds. The molecule has 4 nitrogen and oxygen atoms in total. The Bertz CT molecular complexity index is 478. The Morgan fingerprint density at radius 1 is 1.35 bits per heavy atom. The molecule has 1 fully saturated rings. The van der Waals surface area contributed by atoms with Gasteiger partial charge in [0.25, 0.3) is 5.91 Å². The molecule has 0 saturated heterocycles. The zero-order valence-corrected chi connectivity index (χ0v) is 10.9. The minimum Gasteiger partial charge on any atom is -0.507 e. The average molecular weight is 285 g/mol. The molecule has 1 aromatic rings. The van der Waals surface area contributed by atoms with E-state index in [0.29, 0.717) is 12.1 Å². The number of hydrogen-bond donors (Lipinski definition) is 3. The predicted octanol–water partition coefficient (Wildman–Crippen LogP) is 1.95. The van der Waals surface area contributed by atoms with Crippen LogP contribution in [0, 0.1) is 17.6 Å². The van der Waals surface area contributed by atoms with Crippen LogP contribution in [0.1, 0.15) is 36.0 Å². The fraction of sp³-hybridized carbons (Fsp3) is 0.500. The molecule has 1 aliphatic carbocycles. The molecule has 1 saturated carbocycles. The van der Waals surface area contributed by atoms with Crippen molar-refractivity contribution in [2.75, 3.05) is 6.54 Å². The van der Waals surface area contributed by atoms with Crippen LogP contribution in [0.4, 0.5) is 8.78 Å². The van der Waals surface area contributed by atoms with Gasteiger partial charge in [-0.2, -0.15) is 0 Å². The summed E-state index contributed by atoms with van der Waals surface area (Å²) in [5.74, 6) is -3.56. The summed E-state index contributed by atoms with van der Waals surface area (Å²) in [5.41, 5.74) is -0.606. The molecule has 1 aromatic carbocycles. The fourth-order valence-electron chi connectivity index (χ4n) is 2.58. The zero-order chi connectivity index (χ0) is 14.7. The van der Waals surface area contributed by atoms with Crippen molar-refractivity contribution in [3.05, 3.63) is 29.3 Å². The van der Waals surface area contributed by atoms with Gasteiger partial charge in [0.2, 0.25) is 0 Å². The molecule has 1 unspecified atom stereocenters. The van der Waals surface area contributed by atoms with Crippen LogP contribution in [-0.2, 0) is 0 Å². The number of phenols is 1. The maximum absolute atomic E-state index is 13.5. The maximum atomic E-state index is 13.5. The molecule has 0 aliphatic heterocycles. The van der Waals surface area contributed by atoms with E-state index in [1.54, 1.807) is 0 Å². The summed E-state index contributed by atoms with van der Waals surface area (Å²) in [7, 11) is 0. The Labute approximate surface area is 115 Å². The lowest BCUT2D eigenvalue weighted by Crippen LogP contribution is -2.36. The second kappa shape index (κ2) is 6.17. The van der Waals surface area contributed by atoms with Gasteiger partial charge in [0.1, 0.15) is 22.9 Å². The number of carbonyl (C=O) groups excluding carboxylic acids is 1. The fourth-order valence-corrected chi connectivity index (χ4v) is 2.58. The van der Waals surface area contributed by atoms with Crippen molar-refractivity contribution in [3.63, 3.8) is 0 Å². The van der Waals surface area contributed by atoms with Crippen molar-refractivity contribution in [1.29, 1.82) is 0 Å². The SMILES string of the molecule is O=C(NCC(O)C1CCCC1)c1c(O)cc(F)cc1F. The van der Waals surface area contributed by atoms with Crippen molar-refractivity contribution in [3.8, 4) is 5.75 Å². The minimum absolute atomic E-state index is 0.0141. The minimum atomic E-state index is -1.13. The Balaban J connectivity index is 1.98. The second-order valence-corrected chi connectivity index (χ2v) is 5.10. The molecule has 110 valence electrons. The standard InChI is InChI=1S/C14H17F2NO3/c15-9-5-10(16)13(11(18)6-9)14(20)17-7-12(19)8-3-1-2-4-8/h5-6,8,12,18-19H,1-4,7H2,(H,17,20). The van der Waals surface area contributed by atoms with Gasteiger partial charge in [0, 0.05) is 18.7 Å². The first kappa shape index (κ1) is 14.7. The average Bonchev–Trinajstić information content (AvgIpc) is 2.88. The lowest BCUT2D eigenvalue weighted by Gasteiger charge is -2.18. The highest BCUT2D eigenvalue weighted by Crippen LogP contribution is 2.27. The first-order valence-corrected chi connectivity index (χ1v) is 6.63. The van der Waals surface area contributed by atoms with Gasteiger partial charge in [-0.15, -0.1) is 0 Å². The molecular formula is C14H17F2NO3. The number of aliphatic hydroxyl groups is 1. The van der Waals surface area contributed by atoms with Crippen LogP contribution in [0.3, 0.4) is 0 Å². The van der Waals surface area contributed by atoms with Crippen LogP contribution in [0.2, 0.25) is 0 Å². The molecule has 0 heterocycles. The van der Waals surface area contributed by atoms with E-state index in [4.69, 9.17) is 0 Å². The number of phenolic OH excluding ortho intramolecular Hbond substituents is 1. The van der Waals surface area contributed by atoms with E-state index in [-0.39, 0.29) is 12.5 Å². The summed E-state index contributed by atoms with van der Waals surface area (Å²) < 4.78 is 26.3. The van der Waals surface area contributed by atoms with Crippen LogP contribution >= 0.6 is 0 Å². The Hall–Kier alpha value is -1.69. The molecule has 3 N–H and O–H groups in total. The van der Waals surface area contributed by atoms with E-state index < -0.39 is 35.0 Å². The van der Waals surface area contributed by atoms with Crippen molar-refractivity contribution < 1.29 is 23.8 Å². The molecule has 0 aromatic heterocycles. The van der Waals surface area contributed by atoms with Gasteiger partial charge >= 0.3 is 0 Å². The van der Waals surface area contributed by atoms with Crippen molar-refractivity contribution in [2.45, 2.75) is 31.8 Å². The third-order valence-electron chi connectivity index (χ3n) is 3.68. The van der Waals surface area contributed by atoms with Gasteiger partial charge in [0.05, 0.1) is 6.10 Å². The zero-order valence-electron chi connectivity index (χ0n) is 10.9. The maximum Gasteiger partial charge on any atom is 0.258 e. The highest BCUT2D eigenvalue weighted by molar-refractivity contribution is 5.97. The molecule has 0 bridgehead atoms. The summed E-state index contributed by atoms with van der Waals surface area (Å²) in [6.07, 6.45) is 3.25. The molecule has 2 rings (SSSR count). The van der Waals surface area contributed by atoms with Crippen molar-refractivity contribution in [2.24, 2.45) is 5.92 Å². The lowest BCUT2D eigenvalue weighted by atomic mass is 10.0. The highest BCUT2D eigenvalue weighted by atomic mass is 19.1. The third kappa shape index (κ3) is 3.25. The number of hydrogen-bond acceptors (Lipinski definition) is 3. The second-order valence-electron chi connectivity index (χ2n) is 5.10. The van der Waals surface area contributed by atoms with E-state index in [0.717, 1.165) is 25.7 Å². The van der Waals surface area contributed by atoms with E-state index in [2.05, 4.69) is 5.32 Å². The number of aliphatic hydroxyl groups excluding tert-OH is 1. The van der Waals surface area contributed by atoms with Gasteiger partial charge in [-0.1, -0.05) is 12.8 Å². The normalized spacial score (nSPS) is 17.1. The summed E-state index contributed by atoms with van der Waals surface area (Å²) >= 11 is 0. The number of nitrogens with one attached hydrogen (secondary N) is 1. The largest absolute Gasteiger partial charge is 0.507 e. The Morgan fingerprint density at radius 2 is 2.00 bits per heavy atom. The topological polar surface area (TPSA) is 69.6 Å². The van der Waals surface area contributed by atoms with Gasteiger partial charge in [-0.25, -0.2) is 8.78 Å². The van der Waals surface area contributed by atoms with E-state index in [9.17, 15) is 23.8 Å². The number of aromatic hydroxyl groups is 1. The van der Waals surface area contributed by atoms with Crippen LogP contribution in [0.15, 0.2) is 12.1 Å². The lowest BCUT2D eigenvalue weighted by molar-refractivity contribution is 0.0834. The number of benzene rings is 1. The Morgan fingerprint density at radius 3 is 2.60 bits per heavy atom. The van der Waals surface area contributed by atoms with Gasteiger partial charge in [0.15, 0.2) is 0 Å². The number of amides is 1. The van der Waals surface area contributed by atoms with Gasteiger partial charge in [-0.3, -0.25) is 4.79 Å². The van der Waals surface area contributed by atoms with Crippen molar-refractivity contribution in [1.82, 2.24) is 5.32 Å². The molecule has 6 heteroatoms. The monoisotopic (exact) mass is 285 g/mol. The quantitative estimate of drug-likeness (QED) is 0.792. The van der Waals surface area contributed by atoms with Gasteiger partial charge in [-0.05, 0) is 18.8 Å². The highest BCUT2D eigenvalue weighted by Gasteiger charge is 2.25. The van der Waals surface area contributed by atoms with Crippen molar-refractivity contribution >= 4 is 5.91 Å². The molecule has 0 radical (unpaired) electrons. The summed E-state index contributed by atoms with van der Waals surface area (Å²) in [6, 6.07) is 1.20. The smallest absolute Gasteiger partial charge is 0.258 e. The van der Waals surface area contributed by atoms with Gasteiger partial charge < -0.3 is 15.5 Å².